The maximum atomic E-state index is 12.4. The quantitative estimate of drug-likeness (QED) is 0.583. The van der Waals surface area contributed by atoms with Crippen LogP contribution in [0.1, 0.15) is 39.2 Å². The monoisotopic (exact) mass is 295 g/mol. The summed E-state index contributed by atoms with van der Waals surface area (Å²) in [5, 5.41) is 0. The molecule has 1 heterocycles. The fraction of sp³-hybridized carbons (Fsp3) is 0.474. The SMILES string of the molecule is CC1(C)[C@@H]2CC3=N/C(=C\c4ccccc4)C(=O)O[C@@]3(C)[C@H]1C2. The number of aliphatic imine (C=N–C) groups is 1. The molecule has 1 aliphatic heterocycles. The maximum Gasteiger partial charge on any atom is 0.357 e. The molecule has 3 aliphatic carbocycles. The van der Waals surface area contributed by atoms with E-state index in [4.69, 9.17) is 9.73 Å². The highest BCUT2D eigenvalue weighted by atomic mass is 16.6. The van der Waals surface area contributed by atoms with Crippen molar-refractivity contribution in [1.82, 2.24) is 0 Å². The zero-order chi connectivity index (χ0) is 15.5. The normalized spacial score (nSPS) is 37.0. The van der Waals surface area contributed by atoms with Crippen LogP contribution in [0.3, 0.4) is 0 Å². The third kappa shape index (κ3) is 1.74. The molecular weight excluding hydrogens is 274 g/mol. The first-order valence-electron chi connectivity index (χ1n) is 7.99. The van der Waals surface area contributed by atoms with Gasteiger partial charge in [0.2, 0.25) is 0 Å². The molecular formula is C19H21NO2. The first-order valence-corrected chi connectivity index (χ1v) is 7.99. The second-order valence-corrected chi connectivity index (χ2v) is 7.51. The van der Waals surface area contributed by atoms with E-state index in [0.29, 0.717) is 17.5 Å². The Morgan fingerprint density at radius 3 is 2.64 bits per heavy atom. The Morgan fingerprint density at radius 2 is 1.95 bits per heavy atom. The second kappa shape index (κ2) is 4.31. The Kier molecular flexibility index (Phi) is 2.69. The van der Waals surface area contributed by atoms with E-state index in [1.165, 1.54) is 0 Å². The molecule has 2 bridgehead atoms. The van der Waals surface area contributed by atoms with Crippen LogP contribution in [0.4, 0.5) is 0 Å². The lowest BCUT2D eigenvalue weighted by Gasteiger charge is -2.64. The van der Waals surface area contributed by atoms with Crippen LogP contribution in [-0.2, 0) is 9.53 Å². The Morgan fingerprint density at radius 1 is 1.23 bits per heavy atom. The van der Waals surface area contributed by atoms with Gasteiger partial charge in [-0.2, -0.15) is 0 Å². The number of nitrogens with zero attached hydrogens (tertiary/aromatic N) is 1. The number of hydrogen-bond acceptors (Lipinski definition) is 3. The third-order valence-electron chi connectivity index (χ3n) is 6.02. The molecule has 3 saturated carbocycles. The molecule has 114 valence electrons. The minimum Gasteiger partial charge on any atom is -0.448 e. The van der Waals surface area contributed by atoms with Gasteiger partial charge in [-0.1, -0.05) is 44.2 Å². The topological polar surface area (TPSA) is 38.7 Å². The van der Waals surface area contributed by atoms with Crippen LogP contribution in [0.2, 0.25) is 0 Å². The Hall–Kier alpha value is -1.90. The zero-order valence-electron chi connectivity index (χ0n) is 13.3. The van der Waals surface area contributed by atoms with Gasteiger partial charge in [-0.3, -0.25) is 0 Å². The minimum atomic E-state index is -0.511. The van der Waals surface area contributed by atoms with Crippen LogP contribution >= 0.6 is 0 Å². The van der Waals surface area contributed by atoms with E-state index in [0.717, 1.165) is 24.1 Å². The van der Waals surface area contributed by atoms with Crippen molar-refractivity contribution < 1.29 is 9.53 Å². The van der Waals surface area contributed by atoms with Crippen LogP contribution in [0.5, 0.6) is 0 Å². The minimum absolute atomic E-state index is 0.245. The van der Waals surface area contributed by atoms with Gasteiger partial charge >= 0.3 is 5.97 Å². The van der Waals surface area contributed by atoms with Crippen molar-refractivity contribution in [2.75, 3.05) is 0 Å². The van der Waals surface area contributed by atoms with Crippen LogP contribution < -0.4 is 0 Å². The summed E-state index contributed by atoms with van der Waals surface area (Å²) in [4.78, 5) is 17.1. The summed E-state index contributed by atoms with van der Waals surface area (Å²) in [6, 6.07) is 9.80. The molecule has 0 radical (unpaired) electrons. The number of benzene rings is 1. The van der Waals surface area contributed by atoms with Crippen molar-refractivity contribution in [2.24, 2.45) is 22.2 Å². The maximum absolute atomic E-state index is 12.4. The van der Waals surface area contributed by atoms with Crippen LogP contribution in [-0.4, -0.2) is 17.3 Å². The summed E-state index contributed by atoms with van der Waals surface area (Å²) in [5.41, 5.74) is 2.19. The molecule has 1 aromatic rings. The Bertz CT molecular complexity index is 701. The van der Waals surface area contributed by atoms with Crippen LogP contribution in [0.25, 0.3) is 6.08 Å². The Balaban J connectivity index is 1.73. The average molecular weight is 295 g/mol. The van der Waals surface area contributed by atoms with Gasteiger partial charge in [0.1, 0.15) is 5.70 Å². The number of carbonyl (C=O) groups excluding carboxylic acids is 1. The van der Waals surface area contributed by atoms with Gasteiger partial charge < -0.3 is 4.74 Å². The fourth-order valence-corrected chi connectivity index (χ4v) is 4.46. The molecule has 0 spiro atoms. The van der Waals surface area contributed by atoms with E-state index in [2.05, 4.69) is 13.8 Å². The van der Waals surface area contributed by atoms with Crippen molar-refractivity contribution in [2.45, 2.75) is 39.2 Å². The molecule has 0 unspecified atom stereocenters. The third-order valence-corrected chi connectivity index (χ3v) is 6.02. The fourth-order valence-electron chi connectivity index (χ4n) is 4.46. The van der Waals surface area contributed by atoms with E-state index in [9.17, 15) is 4.79 Å². The predicted molar refractivity (Wildman–Crippen MR) is 86.3 cm³/mol. The summed E-state index contributed by atoms with van der Waals surface area (Å²) < 4.78 is 5.91. The van der Waals surface area contributed by atoms with Gasteiger partial charge in [0.05, 0.1) is 5.71 Å². The standard InChI is InChI=1S/C19H21NO2/c1-18(2)13-10-15(18)19(3)16(11-13)20-14(17(21)22-19)9-12-7-5-4-6-8-12/h4-9,13,15H,10-11H2,1-3H3/b14-9-/t13-,15-,19-/m0/s1. The summed E-state index contributed by atoms with van der Waals surface area (Å²) in [7, 11) is 0. The van der Waals surface area contributed by atoms with Gasteiger partial charge in [-0.15, -0.1) is 0 Å². The van der Waals surface area contributed by atoms with Crippen molar-refractivity contribution in [3.63, 3.8) is 0 Å². The number of hydrogen-bond donors (Lipinski definition) is 0. The van der Waals surface area contributed by atoms with Crippen LogP contribution in [0.15, 0.2) is 41.0 Å². The van der Waals surface area contributed by atoms with Gasteiger partial charge in [0.25, 0.3) is 0 Å². The Labute approximate surface area is 131 Å². The van der Waals surface area contributed by atoms with Gasteiger partial charge in [-0.25, -0.2) is 9.79 Å². The highest BCUT2D eigenvalue weighted by molar-refractivity contribution is 6.06. The number of carbonyl (C=O) groups is 1. The molecule has 3 atom stereocenters. The van der Waals surface area contributed by atoms with Crippen molar-refractivity contribution in [3.8, 4) is 0 Å². The molecule has 0 N–H and O–H groups in total. The number of esters is 1. The first kappa shape index (κ1) is 13.7. The molecule has 1 aromatic carbocycles. The average Bonchev–Trinajstić information content (AvgIpc) is 2.48. The lowest BCUT2D eigenvalue weighted by Crippen LogP contribution is -2.67. The molecule has 3 heteroatoms. The molecule has 3 fully saturated rings. The van der Waals surface area contributed by atoms with Crippen molar-refractivity contribution in [1.29, 1.82) is 0 Å². The first-order chi connectivity index (χ1) is 10.4. The molecule has 5 rings (SSSR count). The van der Waals surface area contributed by atoms with Gasteiger partial charge in [0, 0.05) is 5.92 Å². The molecule has 0 saturated heterocycles. The van der Waals surface area contributed by atoms with E-state index >= 15 is 0 Å². The molecule has 4 aliphatic rings. The molecule has 0 amide bonds. The number of rotatable bonds is 1. The molecule has 0 aromatic heterocycles. The molecule has 22 heavy (non-hydrogen) atoms. The highest BCUT2D eigenvalue weighted by Crippen LogP contribution is 2.63. The van der Waals surface area contributed by atoms with E-state index in [-0.39, 0.29) is 11.4 Å². The second-order valence-electron chi connectivity index (χ2n) is 7.51. The zero-order valence-corrected chi connectivity index (χ0v) is 13.3. The van der Waals surface area contributed by atoms with Gasteiger partial charge in [-0.05, 0) is 42.7 Å². The van der Waals surface area contributed by atoms with E-state index in [1.54, 1.807) is 0 Å². The number of ether oxygens (including phenoxy) is 1. The van der Waals surface area contributed by atoms with Crippen molar-refractivity contribution in [3.05, 3.63) is 41.6 Å². The highest BCUT2D eigenvalue weighted by Gasteiger charge is 2.65. The summed E-state index contributed by atoms with van der Waals surface area (Å²) in [5.74, 6) is 0.759. The molecule has 3 nitrogen and oxygen atoms in total. The lowest BCUT2D eigenvalue weighted by molar-refractivity contribution is -0.181. The largest absolute Gasteiger partial charge is 0.448 e. The van der Waals surface area contributed by atoms with Crippen LogP contribution in [0, 0.1) is 17.3 Å². The van der Waals surface area contributed by atoms with Gasteiger partial charge in [0.15, 0.2) is 5.60 Å². The summed E-state index contributed by atoms with van der Waals surface area (Å²) in [6.07, 6.45) is 3.91. The van der Waals surface area contributed by atoms with Crippen molar-refractivity contribution >= 4 is 17.8 Å². The summed E-state index contributed by atoms with van der Waals surface area (Å²) in [6.45, 7) is 6.62. The predicted octanol–water partition coefficient (Wildman–Crippen LogP) is 3.85. The summed E-state index contributed by atoms with van der Waals surface area (Å²) >= 11 is 0. The lowest BCUT2D eigenvalue weighted by atomic mass is 9.43. The van der Waals surface area contributed by atoms with E-state index in [1.807, 2.05) is 43.3 Å². The van der Waals surface area contributed by atoms with E-state index < -0.39 is 5.60 Å². The smallest absolute Gasteiger partial charge is 0.357 e.